The van der Waals surface area contributed by atoms with Crippen molar-refractivity contribution >= 4 is 0 Å². The van der Waals surface area contributed by atoms with Gasteiger partial charge in [0.1, 0.15) is 24.4 Å². The SMILES string of the molecule is CC1(C)OC[C@@H]([C@@H](O)[C@H]2OC(C)(C)O[C@H]2CO)O1. The molecule has 106 valence electrons. The van der Waals surface area contributed by atoms with E-state index in [2.05, 4.69) is 0 Å². The zero-order valence-electron chi connectivity index (χ0n) is 11.3. The van der Waals surface area contributed by atoms with Gasteiger partial charge in [-0.15, -0.1) is 0 Å². The van der Waals surface area contributed by atoms with E-state index in [9.17, 15) is 10.2 Å². The van der Waals surface area contributed by atoms with Crippen LogP contribution < -0.4 is 0 Å². The molecule has 18 heavy (non-hydrogen) atoms. The van der Waals surface area contributed by atoms with Crippen LogP contribution in [-0.4, -0.2) is 59.4 Å². The Morgan fingerprint density at radius 1 is 1.11 bits per heavy atom. The molecule has 2 saturated heterocycles. The minimum Gasteiger partial charge on any atom is -0.394 e. The summed E-state index contributed by atoms with van der Waals surface area (Å²) in [7, 11) is 0. The van der Waals surface area contributed by atoms with Gasteiger partial charge in [0.2, 0.25) is 0 Å². The van der Waals surface area contributed by atoms with E-state index in [1.165, 1.54) is 0 Å². The lowest BCUT2D eigenvalue weighted by Gasteiger charge is -2.26. The highest BCUT2D eigenvalue weighted by atomic mass is 16.8. The minimum absolute atomic E-state index is 0.206. The second-order valence-electron chi connectivity index (χ2n) is 5.68. The van der Waals surface area contributed by atoms with Crippen LogP contribution in [0.25, 0.3) is 0 Å². The van der Waals surface area contributed by atoms with E-state index < -0.39 is 36.0 Å². The van der Waals surface area contributed by atoms with Gasteiger partial charge >= 0.3 is 0 Å². The first-order valence-electron chi connectivity index (χ1n) is 6.20. The van der Waals surface area contributed by atoms with E-state index in [4.69, 9.17) is 18.9 Å². The maximum absolute atomic E-state index is 10.3. The Kier molecular flexibility index (Phi) is 3.70. The maximum atomic E-state index is 10.3. The molecule has 6 heteroatoms. The second kappa shape index (κ2) is 4.70. The molecule has 4 atom stereocenters. The van der Waals surface area contributed by atoms with Crippen molar-refractivity contribution in [1.82, 2.24) is 0 Å². The van der Waals surface area contributed by atoms with E-state index in [0.29, 0.717) is 6.61 Å². The number of hydrogen-bond acceptors (Lipinski definition) is 6. The van der Waals surface area contributed by atoms with E-state index in [0.717, 1.165) is 0 Å². The smallest absolute Gasteiger partial charge is 0.164 e. The lowest BCUT2D eigenvalue weighted by atomic mass is 10.0. The number of rotatable bonds is 3. The second-order valence-corrected chi connectivity index (χ2v) is 5.68. The third kappa shape index (κ3) is 2.84. The van der Waals surface area contributed by atoms with E-state index in [1.807, 2.05) is 0 Å². The summed E-state index contributed by atoms with van der Waals surface area (Å²) >= 11 is 0. The normalized spacial score (nSPS) is 40.0. The summed E-state index contributed by atoms with van der Waals surface area (Å²) in [6, 6.07) is 0. The van der Waals surface area contributed by atoms with Gasteiger partial charge in [-0.25, -0.2) is 0 Å². The molecule has 0 aliphatic carbocycles. The molecule has 2 aliphatic heterocycles. The third-order valence-corrected chi connectivity index (χ3v) is 3.15. The van der Waals surface area contributed by atoms with Gasteiger partial charge in [0.25, 0.3) is 0 Å². The average molecular weight is 262 g/mol. The van der Waals surface area contributed by atoms with Crippen LogP contribution in [0.15, 0.2) is 0 Å². The fraction of sp³-hybridized carbons (Fsp3) is 1.00. The molecule has 2 heterocycles. The molecule has 0 aromatic heterocycles. The number of ether oxygens (including phenoxy) is 4. The van der Waals surface area contributed by atoms with Gasteiger partial charge in [-0.2, -0.15) is 0 Å². The summed E-state index contributed by atoms with van der Waals surface area (Å²) in [5, 5.41) is 19.6. The monoisotopic (exact) mass is 262 g/mol. The Morgan fingerprint density at radius 3 is 2.28 bits per heavy atom. The lowest BCUT2D eigenvalue weighted by Crippen LogP contribution is -2.45. The Balaban J connectivity index is 2.02. The number of aliphatic hydroxyl groups excluding tert-OH is 2. The third-order valence-electron chi connectivity index (χ3n) is 3.15. The molecule has 0 amide bonds. The maximum Gasteiger partial charge on any atom is 0.164 e. The standard InChI is InChI=1S/C12H22O6/c1-11(2)15-6-8(17-11)9(14)10-7(5-13)16-12(3,4)18-10/h7-10,13-14H,5-6H2,1-4H3/t7-,8-,9+,10-/m0/s1. The molecule has 0 aromatic carbocycles. The van der Waals surface area contributed by atoms with E-state index in [1.54, 1.807) is 27.7 Å². The molecule has 6 nitrogen and oxygen atoms in total. The fourth-order valence-corrected chi connectivity index (χ4v) is 2.39. The van der Waals surface area contributed by atoms with Crippen molar-refractivity contribution in [2.75, 3.05) is 13.2 Å². The molecule has 0 spiro atoms. The highest BCUT2D eigenvalue weighted by Crippen LogP contribution is 2.33. The number of hydrogen-bond donors (Lipinski definition) is 2. The Hall–Kier alpha value is -0.240. The molecule has 0 saturated carbocycles. The summed E-state index contributed by atoms with van der Waals surface area (Å²) in [4.78, 5) is 0. The van der Waals surface area contributed by atoms with Crippen molar-refractivity contribution in [1.29, 1.82) is 0 Å². The van der Waals surface area contributed by atoms with Gasteiger partial charge in [0.15, 0.2) is 11.6 Å². The van der Waals surface area contributed by atoms with Crippen LogP contribution in [-0.2, 0) is 18.9 Å². The summed E-state index contributed by atoms with van der Waals surface area (Å²) in [5.41, 5.74) is 0. The zero-order chi connectivity index (χ0) is 13.6. The summed E-state index contributed by atoms with van der Waals surface area (Å²) in [5.74, 6) is -1.51. The largest absolute Gasteiger partial charge is 0.394 e. The van der Waals surface area contributed by atoms with E-state index >= 15 is 0 Å². The topological polar surface area (TPSA) is 77.4 Å². The van der Waals surface area contributed by atoms with Gasteiger partial charge in [0, 0.05) is 0 Å². The molecule has 2 fully saturated rings. The van der Waals surface area contributed by atoms with Crippen molar-refractivity contribution in [2.24, 2.45) is 0 Å². The van der Waals surface area contributed by atoms with Crippen molar-refractivity contribution in [3.05, 3.63) is 0 Å². The van der Waals surface area contributed by atoms with Crippen LogP contribution in [0.3, 0.4) is 0 Å². The van der Waals surface area contributed by atoms with Gasteiger partial charge in [-0.3, -0.25) is 0 Å². The van der Waals surface area contributed by atoms with Crippen molar-refractivity contribution in [3.8, 4) is 0 Å². The molecule has 0 unspecified atom stereocenters. The van der Waals surface area contributed by atoms with E-state index in [-0.39, 0.29) is 6.61 Å². The highest BCUT2D eigenvalue weighted by molar-refractivity contribution is 4.91. The molecule has 2 N–H and O–H groups in total. The van der Waals surface area contributed by atoms with Crippen molar-refractivity contribution in [3.63, 3.8) is 0 Å². The van der Waals surface area contributed by atoms with Crippen LogP contribution in [0.4, 0.5) is 0 Å². The average Bonchev–Trinajstić information content (AvgIpc) is 2.77. The quantitative estimate of drug-likeness (QED) is 0.746. The molecule has 0 radical (unpaired) electrons. The Labute approximate surface area is 107 Å². The molecular weight excluding hydrogens is 240 g/mol. The van der Waals surface area contributed by atoms with Gasteiger partial charge in [-0.1, -0.05) is 0 Å². The van der Waals surface area contributed by atoms with Crippen LogP contribution in [0, 0.1) is 0 Å². The first kappa shape index (κ1) is 14.2. The predicted octanol–water partition coefficient (Wildman–Crippen LogP) is 0.0112. The summed E-state index contributed by atoms with van der Waals surface area (Å²) in [6.07, 6.45) is -2.54. The highest BCUT2D eigenvalue weighted by Gasteiger charge is 2.49. The molecular formula is C12H22O6. The Bertz CT molecular complexity index is 303. The van der Waals surface area contributed by atoms with Crippen LogP contribution in [0.1, 0.15) is 27.7 Å². The minimum atomic E-state index is -0.898. The first-order valence-corrected chi connectivity index (χ1v) is 6.20. The molecule has 0 bridgehead atoms. The van der Waals surface area contributed by atoms with Crippen LogP contribution >= 0.6 is 0 Å². The van der Waals surface area contributed by atoms with Crippen LogP contribution in [0.5, 0.6) is 0 Å². The first-order chi connectivity index (χ1) is 8.24. The van der Waals surface area contributed by atoms with Gasteiger partial charge < -0.3 is 29.2 Å². The van der Waals surface area contributed by atoms with Crippen LogP contribution in [0.2, 0.25) is 0 Å². The molecule has 0 aromatic rings. The van der Waals surface area contributed by atoms with Crippen molar-refractivity contribution < 1.29 is 29.2 Å². The fourth-order valence-electron chi connectivity index (χ4n) is 2.39. The lowest BCUT2D eigenvalue weighted by molar-refractivity contribution is -0.178. The zero-order valence-corrected chi connectivity index (χ0v) is 11.3. The van der Waals surface area contributed by atoms with Gasteiger partial charge in [0.05, 0.1) is 13.2 Å². The Morgan fingerprint density at radius 2 is 1.78 bits per heavy atom. The van der Waals surface area contributed by atoms with Gasteiger partial charge in [-0.05, 0) is 27.7 Å². The summed E-state index contributed by atoms with van der Waals surface area (Å²) < 4.78 is 22.1. The molecule has 2 rings (SSSR count). The van der Waals surface area contributed by atoms with Crippen molar-refractivity contribution in [2.45, 2.75) is 63.7 Å². The number of aliphatic hydroxyl groups is 2. The summed E-state index contributed by atoms with van der Waals surface area (Å²) in [6.45, 7) is 7.17. The molecule has 2 aliphatic rings. The predicted molar refractivity (Wildman–Crippen MR) is 61.8 cm³/mol.